The van der Waals surface area contributed by atoms with E-state index in [2.05, 4.69) is 54.8 Å². The Morgan fingerprint density at radius 3 is 1.30 bits per heavy atom. The molecule has 24 heteroatoms. The molecule has 0 fully saturated rings. The van der Waals surface area contributed by atoms with Gasteiger partial charge in [0.25, 0.3) is 0 Å². The molecule has 23 nitrogen and oxygen atoms in total. The summed E-state index contributed by atoms with van der Waals surface area (Å²) in [5.74, 6) is -7.84. The monoisotopic (exact) mass is 937 g/mol. The number of aliphatic imine (C=N–C) groups is 1. The highest BCUT2D eigenvalue weighted by Crippen LogP contribution is 2.15. The molecule has 17 N–H and O–H groups in total. The normalized spacial score (nSPS) is 12.9. The van der Waals surface area contributed by atoms with E-state index in [9.17, 15) is 58.8 Å². The zero-order valence-corrected chi connectivity index (χ0v) is 36.5. The zero-order chi connectivity index (χ0) is 48.8. The summed E-state index contributed by atoms with van der Waals surface area (Å²) in [5, 5.41) is 56.2. The SMILES string of the molecule is NCC(=O)NCC(=O)N[C@@H](Cc1ccc(O)cc1)C(=O)N[C@@H](Cc1ccc(O)cc1)C(=O)NCC(=O)N[C@@H](Cc1ccc(O)cc1)C(=O)N[C@@H](CS)C(=O)N[C@@H](CCCN=C(N)N)C(=O)O. The largest absolute Gasteiger partial charge is 0.508 e. The van der Waals surface area contributed by atoms with Crippen LogP contribution in [0, 0.1) is 0 Å². The van der Waals surface area contributed by atoms with Crippen LogP contribution in [0.2, 0.25) is 0 Å². The smallest absolute Gasteiger partial charge is 0.326 e. The predicted octanol–water partition coefficient (Wildman–Crippen LogP) is -3.49. The minimum absolute atomic E-state index is 0.0523. The van der Waals surface area contributed by atoms with Gasteiger partial charge in [-0.25, -0.2) is 4.79 Å². The summed E-state index contributed by atoms with van der Waals surface area (Å²) >= 11 is 4.15. The number of carboxylic acid groups (broad SMARTS) is 1. The van der Waals surface area contributed by atoms with Gasteiger partial charge in [-0.3, -0.25) is 38.6 Å². The van der Waals surface area contributed by atoms with Crippen LogP contribution in [0.4, 0.5) is 0 Å². The average molecular weight is 938 g/mol. The Bertz CT molecular complexity index is 2170. The number of rotatable bonds is 26. The number of nitrogens with two attached hydrogens (primary N) is 3. The van der Waals surface area contributed by atoms with Crippen molar-refractivity contribution in [3.8, 4) is 17.2 Å². The first-order chi connectivity index (χ1) is 31.4. The molecular weight excluding hydrogens is 883 g/mol. The number of aromatic hydroxyl groups is 3. The van der Waals surface area contributed by atoms with Crippen LogP contribution in [0.3, 0.4) is 0 Å². The molecule has 0 bridgehead atoms. The fourth-order valence-corrected chi connectivity index (χ4v) is 6.29. The molecule has 3 aromatic carbocycles. The van der Waals surface area contributed by atoms with E-state index in [0.29, 0.717) is 16.7 Å². The van der Waals surface area contributed by atoms with E-state index in [1.54, 1.807) is 0 Å². The number of hydrogen-bond donors (Lipinski definition) is 15. The van der Waals surface area contributed by atoms with E-state index < -0.39 is 90.6 Å². The summed E-state index contributed by atoms with van der Waals surface area (Å²) in [5.41, 5.74) is 17.3. The van der Waals surface area contributed by atoms with E-state index in [1.807, 2.05) is 0 Å². The Hall–Kier alpha value is -7.60. The summed E-state index contributed by atoms with van der Waals surface area (Å²) in [4.78, 5) is 108. The Morgan fingerprint density at radius 2 is 0.909 bits per heavy atom. The maximum absolute atomic E-state index is 13.9. The molecule has 0 saturated carbocycles. The van der Waals surface area contributed by atoms with Crippen LogP contribution in [0.25, 0.3) is 0 Å². The van der Waals surface area contributed by atoms with E-state index in [1.165, 1.54) is 72.8 Å². The molecule has 0 saturated heterocycles. The van der Waals surface area contributed by atoms with E-state index in [0.717, 1.165) is 0 Å². The Kier molecular flexibility index (Phi) is 21.5. The van der Waals surface area contributed by atoms with Crippen molar-refractivity contribution in [1.29, 1.82) is 0 Å². The van der Waals surface area contributed by atoms with Crippen molar-refractivity contribution in [3.63, 3.8) is 0 Å². The molecule has 0 unspecified atom stereocenters. The number of carboxylic acids is 1. The standard InChI is InChI=1S/C42H55N11O12S/c43-19-34(57)47-20-35(58)49-31(17-24-5-11-27(55)12-6-24)38(61)52-30(16-23-3-9-26(54)10-4-23)37(60)48-21-36(59)50-32(18-25-7-13-28(56)14-8-25)39(62)53-33(22-66)40(63)51-29(41(64)65)2-1-15-46-42(44)45/h3-14,29-33,54-56,66H,1-2,15-22,43H2,(H,47,57)(H,48,60)(H,49,58)(H,50,59)(H,51,63)(H,52,61)(H,53,62)(H,64,65)(H4,44,45,46)/t29-,30-,31-,32-,33-/m0/s1. The van der Waals surface area contributed by atoms with Gasteiger partial charge in [0.1, 0.15) is 47.5 Å². The average Bonchev–Trinajstić information content (AvgIpc) is 3.28. The molecule has 0 aliphatic heterocycles. The van der Waals surface area contributed by atoms with Crippen molar-refractivity contribution in [2.75, 3.05) is 31.9 Å². The third-order valence-electron chi connectivity index (χ3n) is 9.50. The van der Waals surface area contributed by atoms with Crippen LogP contribution in [0.1, 0.15) is 29.5 Å². The lowest BCUT2D eigenvalue weighted by Crippen LogP contribution is -2.58. The topological polar surface area (TPSA) is 392 Å². The highest BCUT2D eigenvalue weighted by atomic mass is 32.1. The van der Waals surface area contributed by atoms with Gasteiger partial charge in [-0.2, -0.15) is 12.6 Å². The molecule has 66 heavy (non-hydrogen) atoms. The molecule has 0 aromatic heterocycles. The molecule has 5 atom stereocenters. The van der Waals surface area contributed by atoms with Gasteiger partial charge in [0.2, 0.25) is 41.4 Å². The number of phenols is 3. The quantitative estimate of drug-likeness (QED) is 0.0161. The highest BCUT2D eigenvalue weighted by Gasteiger charge is 2.31. The molecular formula is C42H55N11O12S. The molecule has 0 aliphatic rings. The molecule has 0 radical (unpaired) electrons. The zero-order valence-electron chi connectivity index (χ0n) is 35.6. The van der Waals surface area contributed by atoms with E-state index in [-0.39, 0.29) is 74.2 Å². The lowest BCUT2D eigenvalue weighted by molar-refractivity contribution is -0.142. The summed E-state index contributed by atoms with van der Waals surface area (Å²) in [6.45, 7) is -1.56. The third kappa shape index (κ3) is 19.0. The lowest BCUT2D eigenvalue weighted by atomic mass is 10.0. The van der Waals surface area contributed by atoms with E-state index in [4.69, 9.17) is 17.2 Å². The minimum atomic E-state index is -1.41. The van der Waals surface area contributed by atoms with E-state index >= 15 is 0 Å². The lowest BCUT2D eigenvalue weighted by Gasteiger charge is -2.25. The number of aliphatic carboxylic acids is 1. The van der Waals surface area contributed by atoms with Gasteiger partial charge in [0.15, 0.2) is 5.96 Å². The first-order valence-electron chi connectivity index (χ1n) is 20.3. The molecule has 7 amide bonds. The van der Waals surface area contributed by atoms with Gasteiger partial charge in [0.05, 0.1) is 19.6 Å². The van der Waals surface area contributed by atoms with Crippen LogP contribution in [-0.2, 0) is 57.6 Å². The molecule has 3 aromatic rings. The van der Waals surface area contributed by atoms with Gasteiger partial charge in [-0.15, -0.1) is 0 Å². The van der Waals surface area contributed by atoms with Crippen molar-refractivity contribution in [1.82, 2.24) is 37.2 Å². The van der Waals surface area contributed by atoms with Crippen LogP contribution >= 0.6 is 12.6 Å². The fraction of sp³-hybridized carbons (Fsp3) is 0.357. The van der Waals surface area contributed by atoms with Crippen molar-refractivity contribution in [2.24, 2.45) is 22.2 Å². The second-order valence-corrected chi connectivity index (χ2v) is 15.1. The van der Waals surface area contributed by atoms with Gasteiger partial charge in [0, 0.05) is 31.6 Å². The van der Waals surface area contributed by atoms with Crippen LogP contribution in [-0.4, -0.2) is 136 Å². The Morgan fingerprint density at radius 1 is 0.530 bits per heavy atom. The molecule has 3 rings (SSSR count). The predicted molar refractivity (Wildman–Crippen MR) is 242 cm³/mol. The first-order valence-corrected chi connectivity index (χ1v) is 21.0. The number of amides is 7. The highest BCUT2D eigenvalue weighted by molar-refractivity contribution is 7.80. The number of thiol groups is 1. The number of nitrogens with one attached hydrogen (secondary N) is 7. The van der Waals surface area contributed by atoms with Crippen molar-refractivity contribution >= 4 is 65.9 Å². The number of hydrogen-bond acceptors (Lipinski definition) is 14. The fourth-order valence-electron chi connectivity index (χ4n) is 6.04. The number of phenolic OH excluding ortho intramolecular Hbond substituents is 3. The van der Waals surface area contributed by atoms with Crippen LogP contribution in [0.5, 0.6) is 17.2 Å². The Balaban J connectivity index is 1.80. The molecule has 0 aliphatic carbocycles. The molecule has 356 valence electrons. The van der Waals surface area contributed by atoms with Gasteiger partial charge < -0.3 is 74.8 Å². The van der Waals surface area contributed by atoms with Crippen molar-refractivity contribution in [2.45, 2.75) is 62.3 Å². The summed E-state index contributed by atoms with van der Waals surface area (Å²) in [6.07, 6.45) is -0.336. The van der Waals surface area contributed by atoms with Gasteiger partial charge in [-0.05, 0) is 65.9 Å². The van der Waals surface area contributed by atoms with Crippen LogP contribution in [0.15, 0.2) is 77.8 Å². The molecule has 0 heterocycles. The maximum atomic E-state index is 13.9. The number of guanidine groups is 1. The second-order valence-electron chi connectivity index (χ2n) is 14.7. The first kappa shape index (κ1) is 52.7. The summed E-state index contributed by atoms with van der Waals surface area (Å²) < 4.78 is 0. The van der Waals surface area contributed by atoms with Gasteiger partial charge in [-0.1, -0.05) is 36.4 Å². The van der Waals surface area contributed by atoms with Gasteiger partial charge >= 0.3 is 5.97 Å². The van der Waals surface area contributed by atoms with Crippen molar-refractivity contribution in [3.05, 3.63) is 89.5 Å². The number of benzene rings is 3. The van der Waals surface area contributed by atoms with Crippen molar-refractivity contribution < 1.29 is 58.8 Å². The Labute approximate surface area is 384 Å². The minimum Gasteiger partial charge on any atom is -0.508 e. The third-order valence-corrected chi connectivity index (χ3v) is 9.86. The van der Waals surface area contributed by atoms with Crippen LogP contribution < -0.4 is 54.4 Å². The second kappa shape index (κ2) is 26.9. The number of carbonyl (C=O) groups excluding carboxylic acids is 7. The molecule has 0 spiro atoms. The number of nitrogens with zero attached hydrogens (tertiary/aromatic N) is 1. The summed E-state index contributed by atoms with van der Waals surface area (Å²) in [7, 11) is 0. The number of carbonyl (C=O) groups is 8. The summed E-state index contributed by atoms with van der Waals surface area (Å²) in [6, 6.07) is 10.2. The maximum Gasteiger partial charge on any atom is 0.326 e.